The molecule has 0 fully saturated rings. The SMILES string of the molecule is COc1ccc(C=O)cc1O[Si](C)(C)C1(C)C=CC=CC1C. The van der Waals surface area contributed by atoms with E-state index in [1.54, 1.807) is 25.3 Å². The lowest BCUT2D eigenvalue weighted by atomic mass is 9.90. The largest absolute Gasteiger partial charge is 0.541 e. The molecule has 2 atom stereocenters. The first kappa shape index (κ1) is 16.6. The Morgan fingerprint density at radius 1 is 1.23 bits per heavy atom. The lowest BCUT2D eigenvalue weighted by molar-refractivity contribution is 0.112. The summed E-state index contributed by atoms with van der Waals surface area (Å²) in [7, 11) is -0.532. The number of ether oxygens (including phenoxy) is 1. The highest BCUT2D eigenvalue weighted by molar-refractivity contribution is 6.75. The summed E-state index contributed by atoms with van der Waals surface area (Å²) in [5.74, 6) is 1.72. The van der Waals surface area contributed by atoms with Crippen LogP contribution in [-0.2, 0) is 0 Å². The third kappa shape index (κ3) is 2.88. The van der Waals surface area contributed by atoms with Crippen molar-refractivity contribution in [2.24, 2.45) is 5.92 Å². The van der Waals surface area contributed by atoms with Gasteiger partial charge in [0.25, 0.3) is 8.32 Å². The molecule has 0 spiro atoms. The maximum atomic E-state index is 11.0. The summed E-state index contributed by atoms with van der Waals surface area (Å²) >= 11 is 0. The van der Waals surface area contributed by atoms with Crippen molar-refractivity contribution in [1.82, 2.24) is 0 Å². The van der Waals surface area contributed by atoms with Crippen LogP contribution in [0.15, 0.2) is 42.5 Å². The molecule has 118 valence electrons. The predicted octanol–water partition coefficient (Wildman–Crippen LogP) is 4.61. The Kier molecular flexibility index (Phi) is 4.61. The second kappa shape index (κ2) is 6.13. The first-order valence-corrected chi connectivity index (χ1v) is 10.4. The summed E-state index contributed by atoms with van der Waals surface area (Å²) in [5.41, 5.74) is 0.595. The van der Waals surface area contributed by atoms with Gasteiger partial charge in [-0.3, -0.25) is 4.79 Å². The molecule has 0 N–H and O–H groups in total. The maximum absolute atomic E-state index is 11.0. The zero-order valence-electron chi connectivity index (χ0n) is 13.9. The monoisotopic (exact) mass is 316 g/mol. The minimum absolute atomic E-state index is 0.0239. The molecule has 1 aliphatic carbocycles. The molecule has 0 radical (unpaired) electrons. The Morgan fingerprint density at radius 2 is 1.95 bits per heavy atom. The molecular weight excluding hydrogens is 292 g/mol. The predicted molar refractivity (Wildman–Crippen MR) is 92.3 cm³/mol. The third-order valence-electron chi connectivity index (χ3n) is 4.89. The summed E-state index contributed by atoms with van der Waals surface area (Å²) in [6.07, 6.45) is 9.48. The van der Waals surface area contributed by atoms with E-state index < -0.39 is 8.32 Å². The van der Waals surface area contributed by atoms with Gasteiger partial charge < -0.3 is 9.16 Å². The van der Waals surface area contributed by atoms with Gasteiger partial charge in [-0.1, -0.05) is 38.2 Å². The number of methoxy groups -OCH3 is 1. The van der Waals surface area contributed by atoms with Crippen molar-refractivity contribution in [2.75, 3.05) is 7.11 Å². The minimum Gasteiger partial charge on any atom is -0.541 e. The quantitative estimate of drug-likeness (QED) is 0.587. The normalized spacial score (nSPS) is 24.1. The molecular formula is C18H24O3Si. The van der Waals surface area contributed by atoms with Gasteiger partial charge in [-0.25, -0.2) is 0 Å². The molecule has 0 heterocycles. The number of carbonyl (C=O) groups excluding carboxylic acids is 1. The van der Waals surface area contributed by atoms with E-state index in [0.717, 1.165) is 6.29 Å². The van der Waals surface area contributed by atoms with Crippen LogP contribution in [0.3, 0.4) is 0 Å². The summed E-state index contributed by atoms with van der Waals surface area (Å²) in [6, 6.07) is 5.28. The molecule has 1 aromatic carbocycles. The van der Waals surface area contributed by atoms with Crippen molar-refractivity contribution in [3.05, 3.63) is 48.1 Å². The van der Waals surface area contributed by atoms with E-state index in [9.17, 15) is 4.79 Å². The van der Waals surface area contributed by atoms with Gasteiger partial charge in [0, 0.05) is 10.6 Å². The van der Waals surface area contributed by atoms with E-state index in [1.807, 2.05) is 0 Å². The molecule has 2 rings (SSSR count). The lowest BCUT2D eigenvalue weighted by Gasteiger charge is -2.44. The highest BCUT2D eigenvalue weighted by Crippen LogP contribution is 2.49. The summed E-state index contributed by atoms with van der Waals surface area (Å²) in [6.45, 7) is 8.89. The maximum Gasteiger partial charge on any atom is 0.255 e. The Balaban J connectivity index is 2.38. The molecule has 4 heteroatoms. The number of hydrogen-bond donors (Lipinski definition) is 0. The van der Waals surface area contributed by atoms with Crippen molar-refractivity contribution >= 4 is 14.6 Å². The highest BCUT2D eigenvalue weighted by Gasteiger charge is 2.48. The first-order valence-electron chi connectivity index (χ1n) is 7.52. The van der Waals surface area contributed by atoms with Crippen LogP contribution in [0, 0.1) is 5.92 Å². The Hall–Kier alpha value is -1.81. The number of allylic oxidation sites excluding steroid dienone is 4. The zero-order valence-corrected chi connectivity index (χ0v) is 14.9. The van der Waals surface area contributed by atoms with Crippen LogP contribution in [0.1, 0.15) is 24.2 Å². The van der Waals surface area contributed by atoms with Crippen LogP contribution in [0.4, 0.5) is 0 Å². The molecule has 3 nitrogen and oxygen atoms in total. The van der Waals surface area contributed by atoms with Gasteiger partial charge in [0.2, 0.25) is 0 Å². The fraction of sp³-hybridized carbons (Fsp3) is 0.389. The number of hydrogen-bond acceptors (Lipinski definition) is 3. The van der Waals surface area contributed by atoms with Crippen molar-refractivity contribution in [3.8, 4) is 11.5 Å². The average molecular weight is 316 g/mol. The lowest BCUT2D eigenvalue weighted by Crippen LogP contribution is -2.49. The molecule has 1 aromatic rings. The topological polar surface area (TPSA) is 35.5 Å². The molecule has 2 unspecified atom stereocenters. The summed E-state index contributed by atoms with van der Waals surface area (Å²) < 4.78 is 11.8. The van der Waals surface area contributed by atoms with E-state index in [1.165, 1.54) is 0 Å². The average Bonchev–Trinajstić information content (AvgIpc) is 2.49. The second-order valence-corrected chi connectivity index (χ2v) is 10.8. The van der Waals surface area contributed by atoms with E-state index in [0.29, 0.717) is 23.0 Å². The zero-order chi connectivity index (χ0) is 16.4. The van der Waals surface area contributed by atoms with E-state index in [2.05, 4.69) is 51.2 Å². The molecule has 0 aliphatic heterocycles. The standard InChI is InChI=1S/C18H24O3Si/c1-14-8-6-7-11-18(14,2)22(4,5)21-17-12-15(13-19)9-10-16(17)20-3/h6-14H,1-5H3. The first-order chi connectivity index (χ1) is 10.3. The van der Waals surface area contributed by atoms with Crippen LogP contribution >= 0.6 is 0 Å². The Labute approximate surface area is 133 Å². The number of carbonyl (C=O) groups is 1. The van der Waals surface area contributed by atoms with E-state index >= 15 is 0 Å². The third-order valence-corrected chi connectivity index (χ3v) is 8.83. The van der Waals surface area contributed by atoms with Gasteiger partial charge in [-0.2, -0.15) is 0 Å². The number of rotatable bonds is 5. The number of benzene rings is 1. The van der Waals surface area contributed by atoms with Gasteiger partial charge in [0.05, 0.1) is 7.11 Å². The van der Waals surface area contributed by atoms with Gasteiger partial charge in [-0.15, -0.1) is 0 Å². The molecule has 0 aromatic heterocycles. The van der Waals surface area contributed by atoms with Crippen LogP contribution in [0.5, 0.6) is 11.5 Å². The fourth-order valence-electron chi connectivity index (χ4n) is 2.82. The van der Waals surface area contributed by atoms with Crippen molar-refractivity contribution in [1.29, 1.82) is 0 Å². The molecule has 0 saturated carbocycles. The molecule has 0 amide bonds. The highest BCUT2D eigenvalue weighted by atomic mass is 28.4. The fourth-order valence-corrected chi connectivity index (χ4v) is 5.44. The minimum atomic E-state index is -2.15. The van der Waals surface area contributed by atoms with Crippen molar-refractivity contribution < 1.29 is 14.0 Å². The molecule has 0 saturated heterocycles. The summed E-state index contributed by atoms with van der Waals surface area (Å²) in [4.78, 5) is 11.0. The Bertz CT molecular complexity index is 619. The van der Waals surface area contributed by atoms with Gasteiger partial charge in [0.15, 0.2) is 5.75 Å². The molecule has 1 aliphatic rings. The van der Waals surface area contributed by atoms with Crippen LogP contribution in [0.2, 0.25) is 18.1 Å². The van der Waals surface area contributed by atoms with Gasteiger partial charge in [0.1, 0.15) is 12.0 Å². The van der Waals surface area contributed by atoms with E-state index in [-0.39, 0.29) is 5.04 Å². The van der Waals surface area contributed by atoms with Crippen molar-refractivity contribution in [3.63, 3.8) is 0 Å². The second-order valence-electron chi connectivity index (χ2n) is 6.46. The smallest absolute Gasteiger partial charge is 0.255 e. The van der Waals surface area contributed by atoms with Crippen LogP contribution in [0.25, 0.3) is 0 Å². The van der Waals surface area contributed by atoms with E-state index in [4.69, 9.17) is 9.16 Å². The number of aldehydes is 1. The molecule has 0 bridgehead atoms. The Morgan fingerprint density at radius 3 is 2.55 bits per heavy atom. The van der Waals surface area contributed by atoms with Crippen LogP contribution in [-0.4, -0.2) is 21.7 Å². The summed E-state index contributed by atoms with van der Waals surface area (Å²) in [5, 5.41) is -0.0239. The van der Waals surface area contributed by atoms with Crippen molar-refractivity contribution in [2.45, 2.75) is 32.0 Å². The van der Waals surface area contributed by atoms with Crippen LogP contribution < -0.4 is 9.16 Å². The molecule has 22 heavy (non-hydrogen) atoms. The van der Waals surface area contributed by atoms with Gasteiger partial charge >= 0.3 is 0 Å². The van der Waals surface area contributed by atoms with Gasteiger partial charge in [-0.05, 0) is 37.2 Å².